The minimum Gasteiger partial charge on any atom is -0.358 e. The highest BCUT2D eigenvalue weighted by Gasteiger charge is 2.25. The van der Waals surface area contributed by atoms with Crippen molar-refractivity contribution in [3.05, 3.63) is 0 Å². The Bertz CT molecular complexity index is 162. The molecule has 0 aliphatic rings. The Morgan fingerprint density at radius 2 is 0.938 bits per heavy atom. The molecule has 0 bridgehead atoms. The molecule has 0 aromatic heterocycles. The van der Waals surface area contributed by atoms with Crippen LogP contribution in [0.15, 0.2) is 0 Å². The van der Waals surface area contributed by atoms with Gasteiger partial charge in [-0.2, -0.15) is 0 Å². The van der Waals surface area contributed by atoms with Crippen molar-refractivity contribution in [2.75, 3.05) is 28.4 Å². The fourth-order valence-corrected chi connectivity index (χ4v) is 5.57. The van der Waals surface area contributed by atoms with Gasteiger partial charge in [0.25, 0.3) is 0 Å². The van der Waals surface area contributed by atoms with Crippen LogP contribution in [0.5, 0.6) is 0 Å². The molecule has 0 heterocycles. The number of hydrogen-bond acceptors (Lipinski definition) is 4. The first kappa shape index (κ1) is 16.3. The van der Waals surface area contributed by atoms with Crippen molar-refractivity contribution in [3.63, 3.8) is 0 Å². The van der Waals surface area contributed by atoms with Crippen molar-refractivity contribution in [3.8, 4) is 0 Å². The molecule has 16 heavy (non-hydrogen) atoms. The molecule has 4 nitrogen and oxygen atoms in total. The number of methoxy groups -OCH3 is 4. The highest BCUT2D eigenvalue weighted by atomic mass is 28.2. The van der Waals surface area contributed by atoms with Crippen LogP contribution in [0.2, 0.25) is 12.1 Å². The third-order valence-electron chi connectivity index (χ3n) is 3.24. The van der Waals surface area contributed by atoms with Gasteiger partial charge in [-0.05, 0) is 13.8 Å². The predicted octanol–water partition coefficient (Wildman–Crippen LogP) is 0.0936. The maximum atomic E-state index is 5.36. The molecule has 0 unspecified atom stereocenters. The second kappa shape index (κ2) is 7.57. The molecule has 0 radical (unpaired) electrons. The molecule has 0 aromatic carbocycles. The summed E-state index contributed by atoms with van der Waals surface area (Å²) >= 11 is 0. The molecule has 0 N–H and O–H groups in total. The lowest BCUT2D eigenvalue weighted by atomic mass is 10.7. The number of rotatable bonds is 9. The van der Waals surface area contributed by atoms with E-state index in [4.69, 9.17) is 18.9 Å². The van der Waals surface area contributed by atoms with Gasteiger partial charge < -0.3 is 18.9 Å². The van der Waals surface area contributed by atoms with Gasteiger partial charge in [-0.3, -0.25) is 0 Å². The Labute approximate surface area is 104 Å². The first-order valence-electron chi connectivity index (χ1n) is 5.66. The zero-order valence-corrected chi connectivity index (χ0v) is 14.3. The zero-order chi connectivity index (χ0) is 12.7. The Hall–Kier alpha value is 0.274. The van der Waals surface area contributed by atoms with Crippen molar-refractivity contribution in [1.29, 1.82) is 0 Å². The van der Waals surface area contributed by atoms with Crippen molar-refractivity contribution in [2.24, 2.45) is 0 Å². The molecule has 0 rings (SSSR count). The van der Waals surface area contributed by atoms with Gasteiger partial charge in [0.05, 0.1) is 19.0 Å². The SMILES string of the molecule is COC(C)(OC)[SiH2]CC[SiH2]C(C)(OC)OC. The van der Waals surface area contributed by atoms with Crippen LogP contribution in [-0.2, 0) is 18.9 Å². The molecule has 0 aliphatic carbocycles. The van der Waals surface area contributed by atoms with Crippen LogP contribution in [0.3, 0.4) is 0 Å². The normalized spacial score (nSPS) is 14.6. The monoisotopic (exact) mass is 266 g/mol. The van der Waals surface area contributed by atoms with E-state index in [1.807, 2.05) is 13.8 Å². The first-order chi connectivity index (χ1) is 7.45. The second-order valence-corrected chi connectivity index (χ2v) is 9.27. The molecule has 0 spiro atoms. The molecule has 0 saturated carbocycles. The van der Waals surface area contributed by atoms with Gasteiger partial charge in [-0.25, -0.2) is 0 Å². The maximum Gasteiger partial charge on any atom is 0.141 e. The molecule has 0 aromatic rings. The second-order valence-electron chi connectivity index (χ2n) is 4.29. The highest BCUT2D eigenvalue weighted by Crippen LogP contribution is 2.14. The Morgan fingerprint density at radius 3 is 1.12 bits per heavy atom. The summed E-state index contributed by atoms with van der Waals surface area (Å²) in [5.74, 6) is 0. The molecule has 0 saturated heterocycles. The summed E-state index contributed by atoms with van der Waals surface area (Å²) in [4.78, 5) is 0. The standard InChI is InChI=1S/C10H26O4Si2/c1-9(11-3,12-4)15-7-8-16-10(2,13-5)14-6/h7-8,15-16H2,1-6H3. The fourth-order valence-electron chi connectivity index (χ4n) is 1.47. The summed E-state index contributed by atoms with van der Waals surface area (Å²) in [6, 6.07) is 2.43. The number of hydrogen-bond donors (Lipinski definition) is 0. The van der Waals surface area contributed by atoms with E-state index in [0.717, 1.165) is 0 Å². The van der Waals surface area contributed by atoms with Crippen LogP contribution in [0.25, 0.3) is 0 Å². The molecular formula is C10H26O4Si2. The van der Waals surface area contributed by atoms with Crippen LogP contribution in [0.1, 0.15) is 13.8 Å². The topological polar surface area (TPSA) is 36.9 Å². The molecule has 0 amide bonds. The van der Waals surface area contributed by atoms with Gasteiger partial charge in [0, 0.05) is 28.4 Å². The quantitative estimate of drug-likeness (QED) is 0.337. The lowest BCUT2D eigenvalue weighted by molar-refractivity contribution is -0.132. The molecule has 0 atom stereocenters. The van der Waals surface area contributed by atoms with Crippen molar-refractivity contribution < 1.29 is 18.9 Å². The summed E-state index contributed by atoms with van der Waals surface area (Å²) in [6.07, 6.45) is 0. The van der Waals surface area contributed by atoms with Crippen LogP contribution in [-0.4, -0.2) is 58.3 Å². The van der Waals surface area contributed by atoms with Gasteiger partial charge >= 0.3 is 0 Å². The molecular weight excluding hydrogens is 240 g/mol. The summed E-state index contributed by atoms with van der Waals surface area (Å²) in [6.45, 7) is 4.04. The van der Waals surface area contributed by atoms with Crippen molar-refractivity contribution in [2.45, 2.75) is 36.8 Å². The van der Waals surface area contributed by atoms with Gasteiger partial charge in [0.1, 0.15) is 10.8 Å². The van der Waals surface area contributed by atoms with E-state index < -0.39 is 0 Å². The molecule has 0 aliphatic heterocycles. The van der Waals surface area contributed by atoms with E-state index in [-0.39, 0.29) is 29.9 Å². The van der Waals surface area contributed by atoms with E-state index in [0.29, 0.717) is 0 Å². The van der Waals surface area contributed by atoms with Gasteiger partial charge in [0.2, 0.25) is 0 Å². The lowest BCUT2D eigenvalue weighted by Gasteiger charge is -2.28. The zero-order valence-electron chi connectivity index (χ0n) is 11.5. The summed E-state index contributed by atoms with van der Waals surface area (Å²) in [5.41, 5.74) is -0.629. The van der Waals surface area contributed by atoms with Crippen LogP contribution < -0.4 is 0 Å². The first-order valence-corrected chi connectivity index (χ1v) is 9.07. The fraction of sp³-hybridized carbons (Fsp3) is 1.00. The van der Waals surface area contributed by atoms with Crippen LogP contribution in [0.4, 0.5) is 0 Å². The molecule has 98 valence electrons. The third-order valence-corrected chi connectivity index (χ3v) is 8.92. The average molecular weight is 266 g/mol. The van der Waals surface area contributed by atoms with E-state index in [2.05, 4.69) is 0 Å². The highest BCUT2D eigenvalue weighted by molar-refractivity contribution is 6.45. The number of ether oxygens (including phenoxy) is 4. The van der Waals surface area contributed by atoms with Crippen molar-refractivity contribution >= 4 is 19.0 Å². The van der Waals surface area contributed by atoms with Crippen LogP contribution in [0, 0.1) is 0 Å². The van der Waals surface area contributed by atoms with Crippen molar-refractivity contribution in [1.82, 2.24) is 0 Å². The summed E-state index contributed by atoms with van der Waals surface area (Å²) < 4.78 is 21.5. The van der Waals surface area contributed by atoms with Gasteiger partial charge in [0.15, 0.2) is 0 Å². The molecule has 0 fully saturated rings. The Morgan fingerprint density at radius 1 is 0.688 bits per heavy atom. The summed E-state index contributed by atoms with van der Waals surface area (Å²) in [5, 5.41) is 0. The third kappa shape index (κ3) is 5.56. The predicted molar refractivity (Wildman–Crippen MR) is 71.5 cm³/mol. The maximum absolute atomic E-state index is 5.36. The van der Waals surface area contributed by atoms with E-state index in [9.17, 15) is 0 Å². The Balaban J connectivity index is 3.83. The van der Waals surface area contributed by atoms with Crippen LogP contribution >= 0.6 is 0 Å². The minimum atomic E-state index is -0.376. The van der Waals surface area contributed by atoms with E-state index in [1.54, 1.807) is 28.4 Å². The minimum absolute atomic E-state index is 0.315. The Kier molecular flexibility index (Phi) is 7.70. The molecule has 6 heteroatoms. The largest absolute Gasteiger partial charge is 0.358 e. The van der Waals surface area contributed by atoms with Gasteiger partial charge in [-0.1, -0.05) is 12.1 Å². The van der Waals surface area contributed by atoms with E-state index in [1.165, 1.54) is 12.1 Å². The summed E-state index contributed by atoms with van der Waals surface area (Å²) in [7, 11) is 6.09. The van der Waals surface area contributed by atoms with E-state index >= 15 is 0 Å². The smallest absolute Gasteiger partial charge is 0.141 e. The van der Waals surface area contributed by atoms with Gasteiger partial charge in [-0.15, -0.1) is 0 Å². The average Bonchev–Trinajstić information content (AvgIpc) is 2.34. The lowest BCUT2D eigenvalue weighted by Crippen LogP contribution is -2.39.